The number of rotatable bonds is 5. The highest BCUT2D eigenvalue weighted by Gasteiger charge is 2.58. The van der Waals surface area contributed by atoms with Crippen molar-refractivity contribution >= 4 is 24.4 Å². The van der Waals surface area contributed by atoms with Gasteiger partial charge in [-0.2, -0.15) is 12.6 Å². The maximum Gasteiger partial charge on any atom is 0.0642 e. The maximum absolute atomic E-state index is 5.50. The van der Waals surface area contributed by atoms with Crippen molar-refractivity contribution in [3.63, 3.8) is 0 Å². The predicted octanol–water partition coefficient (Wildman–Crippen LogP) is 7.68. The van der Waals surface area contributed by atoms with Crippen LogP contribution >= 0.6 is 24.4 Å². The Balaban J connectivity index is 1.42. The number of fused-ring (bicyclic) bond motifs is 5. The van der Waals surface area contributed by atoms with Gasteiger partial charge in [-0.25, -0.2) is 0 Å². The highest BCUT2D eigenvalue weighted by atomic mass is 32.2. The van der Waals surface area contributed by atoms with Crippen LogP contribution in [0.2, 0.25) is 0 Å². The van der Waals surface area contributed by atoms with E-state index in [-0.39, 0.29) is 0 Å². The zero-order valence-electron chi connectivity index (χ0n) is 17.5. The van der Waals surface area contributed by atoms with Crippen LogP contribution in [0.15, 0.2) is 0 Å². The van der Waals surface area contributed by atoms with Gasteiger partial charge in [-0.3, -0.25) is 0 Å². The molecule has 0 aromatic heterocycles. The number of hydrogen-bond donors (Lipinski definition) is 1. The van der Waals surface area contributed by atoms with Gasteiger partial charge in [-0.15, -0.1) is 11.8 Å². The number of thiol groups is 1. The van der Waals surface area contributed by atoms with Crippen LogP contribution in [0, 0.1) is 47.3 Å². The molecule has 3 saturated carbocycles. The van der Waals surface area contributed by atoms with Crippen molar-refractivity contribution in [3.8, 4) is 0 Å². The van der Waals surface area contributed by atoms with Crippen LogP contribution in [-0.2, 0) is 0 Å². The highest BCUT2D eigenvalue weighted by molar-refractivity contribution is 8.11. The molecule has 0 bridgehead atoms. The van der Waals surface area contributed by atoms with Gasteiger partial charge in [-0.1, -0.05) is 59.3 Å². The van der Waals surface area contributed by atoms with Crippen molar-refractivity contribution in [2.45, 2.75) is 95.5 Å². The molecular formula is C24H42S2. The van der Waals surface area contributed by atoms with Crippen molar-refractivity contribution in [3.05, 3.63) is 0 Å². The summed E-state index contributed by atoms with van der Waals surface area (Å²) in [4.78, 5) is 0. The number of hydrogen-bond acceptors (Lipinski definition) is 2. The summed E-state index contributed by atoms with van der Waals surface area (Å²) < 4.78 is 0.305. The summed E-state index contributed by atoms with van der Waals surface area (Å²) in [6.45, 7) is 7.29. The molecule has 0 spiro atoms. The van der Waals surface area contributed by atoms with Gasteiger partial charge in [0, 0.05) is 0 Å². The molecule has 150 valence electrons. The largest absolute Gasteiger partial charge is 0.161 e. The molecule has 8 atom stereocenters. The molecule has 0 aromatic carbocycles. The third-order valence-electron chi connectivity index (χ3n) is 8.94. The van der Waals surface area contributed by atoms with Gasteiger partial charge in [-0.05, 0) is 85.2 Å². The van der Waals surface area contributed by atoms with E-state index in [1.54, 1.807) is 19.3 Å². The molecule has 4 aliphatic rings. The van der Waals surface area contributed by atoms with E-state index in [1.165, 1.54) is 57.1 Å². The van der Waals surface area contributed by atoms with Crippen molar-refractivity contribution in [1.29, 1.82) is 0 Å². The Morgan fingerprint density at radius 3 is 2.50 bits per heavy atom. The second-order valence-electron chi connectivity index (χ2n) is 10.8. The van der Waals surface area contributed by atoms with Crippen LogP contribution in [-0.4, -0.2) is 9.83 Å². The topological polar surface area (TPSA) is 0 Å². The van der Waals surface area contributed by atoms with Gasteiger partial charge < -0.3 is 0 Å². The Labute approximate surface area is 172 Å². The highest BCUT2D eigenvalue weighted by Crippen LogP contribution is 2.66. The standard InChI is InChI=1S/C24H42S2/c1-16(2)7-6-8-17(3)22-13-14-23-20-12-11-18-9-4-5-10-19(18)21(20)15-26-24(22,23)25/h16-23,25H,4-15H2,1-3H3. The second kappa shape index (κ2) is 8.21. The molecule has 4 rings (SSSR count). The molecular weight excluding hydrogens is 352 g/mol. The Hall–Kier alpha value is 0.700. The summed E-state index contributed by atoms with van der Waals surface area (Å²) in [7, 11) is 0. The molecule has 4 fully saturated rings. The Morgan fingerprint density at radius 2 is 1.69 bits per heavy atom. The fourth-order valence-corrected chi connectivity index (χ4v) is 10.5. The fraction of sp³-hybridized carbons (Fsp3) is 1.00. The van der Waals surface area contributed by atoms with Gasteiger partial charge in [0.2, 0.25) is 0 Å². The van der Waals surface area contributed by atoms with E-state index in [9.17, 15) is 0 Å². The third-order valence-corrected chi connectivity index (χ3v) is 11.6. The van der Waals surface area contributed by atoms with Gasteiger partial charge in [0.25, 0.3) is 0 Å². The lowest BCUT2D eigenvalue weighted by molar-refractivity contribution is 0.0322. The van der Waals surface area contributed by atoms with E-state index in [4.69, 9.17) is 12.6 Å². The van der Waals surface area contributed by atoms with E-state index in [2.05, 4.69) is 32.5 Å². The first kappa shape index (κ1) is 20.0. The molecule has 1 aliphatic heterocycles. The van der Waals surface area contributed by atoms with Crippen LogP contribution < -0.4 is 0 Å². The second-order valence-corrected chi connectivity index (χ2v) is 13.1. The van der Waals surface area contributed by atoms with Crippen molar-refractivity contribution in [2.24, 2.45) is 47.3 Å². The quantitative estimate of drug-likeness (QED) is 0.466. The lowest BCUT2D eigenvalue weighted by atomic mass is 9.59. The summed E-state index contributed by atoms with van der Waals surface area (Å²) in [6.07, 6.45) is 16.4. The summed E-state index contributed by atoms with van der Waals surface area (Å²) in [5.41, 5.74) is 0. The van der Waals surface area contributed by atoms with Gasteiger partial charge in [0.15, 0.2) is 0 Å². The first-order valence-corrected chi connectivity index (χ1v) is 13.3. The average Bonchev–Trinajstić information content (AvgIpc) is 2.98. The minimum atomic E-state index is 0.305. The normalized spacial score (nSPS) is 46.5. The molecule has 2 heteroatoms. The summed E-state index contributed by atoms with van der Waals surface area (Å²) in [5, 5.41) is 0. The third kappa shape index (κ3) is 3.64. The molecule has 1 saturated heterocycles. The minimum Gasteiger partial charge on any atom is -0.161 e. The zero-order valence-corrected chi connectivity index (χ0v) is 19.2. The van der Waals surface area contributed by atoms with Crippen LogP contribution in [0.1, 0.15) is 91.4 Å². The SMILES string of the molecule is CC(C)CCCC(C)C1CCC2C3CCC4CCCCC4C3CSC12S. The van der Waals surface area contributed by atoms with Crippen LogP contribution in [0.4, 0.5) is 0 Å². The van der Waals surface area contributed by atoms with Gasteiger partial charge in [0.1, 0.15) is 0 Å². The molecule has 1 heterocycles. The first-order chi connectivity index (χ1) is 12.5. The predicted molar refractivity (Wildman–Crippen MR) is 120 cm³/mol. The Bertz CT molecular complexity index is 475. The van der Waals surface area contributed by atoms with E-state index >= 15 is 0 Å². The zero-order chi connectivity index (χ0) is 18.3. The summed E-state index contributed by atoms with van der Waals surface area (Å²) in [6, 6.07) is 0. The number of thioether (sulfide) groups is 1. The molecule has 26 heavy (non-hydrogen) atoms. The van der Waals surface area contributed by atoms with Crippen molar-refractivity contribution < 1.29 is 0 Å². The monoisotopic (exact) mass is 394 g/mol. The molecule has 8 unspecified atom stereocenters. The van der Waals surface area contributed by atoms with E-state index in [0.717, 1.165) is 47.3 Å². The van der Waals surface area contributed by atoms with Crippen LogP contribution in [0.3, 0.4) is 0 Å². The Morgan fingerprint density at radius 1 is 0.885 bits per heavy atom. The lowest BCUT2D eigenvalue weighted by Crippen LogP contribution is -2.50. The summed E-state index contributed by atoms with van der Waals surface area (Å²) >= 11 is 7.82. The smallest absolute Gasteiger partial charge is 0.0642 e. The minimum absolute atomic E-state index is 0.305. The maximum atomic E-state index is 5.50. The molecule has 0 aromatic rings. The van der Waals surface area contributed by atoms with E-state index in [0.29, 0.717) is 4.08 Å². The lowest BCUT2D eigenvalue weighted by Gasteiger charge is -2.55. The van der Waals surface area contributed by atoms with Gasteiger partial charge >= 0.3 is 0 Å². The van der Waals surface area contributed by atoms with Crippen molar-refractivity contribution in [2.75, 3.05) is 5.75 Å². The molecule has 3 aliphatic carbocycles. The van der Waals surface area contributed by atoms with Crippen LogP contribution in [0.5, 0.6) is 0 Å². The fourth-order valence-electron chi connectivity index (χ4n) is 7.60. The molecule has 0 N–H and O–H groups in total. The van der Waals surface area contributed by atoms with Crippen molar-refractivity contribution in [1.82, 2.24) is 0 Å². The molecule has 0 nitrogen and oxygen atoms in total. The van der Waals surface area contributed by atoms with E-state index in [1.807, 2.05) is 0 Å². The molecule has 0 radical (unpaired) electrons. The summed E-state index contributed by atoms with van der Waals surface area (Å²) in [5.74, 6) is 9.15. The Kier molecular flexibility index (Phi) is 6.31. The first-order valence-electron chi connectivity index (χ1n) is 11.9. The average molecular weight is 395 g/mol. The van der Waals surface area contributed by atoms with Crippen LogP contribution in [0.25, 0.3) is 0 Å². The van der Waals surface area contributed by atoms with Gasteiger partial charge in [0.05, 0.1) is 4.08 Å². The van der Waals surface area contributed by atoms with E-state index < -0.39 is 0 Å². The molecule has 0 amide bonds.